The average molecular weight is 233 g/mol. The number of aliphatic hydroxyl groups is 1. The van der Waals surface area contributed by atoms with Gasteiger partial charge in [0.15, 0.2) is 0 Å². The predicted molar refractivity (Wildman–Crippen MR) is 63.5 cm³/mol. The van der Waals surface area contributed by atoms with Gasteiger partial charge in [0.2, 0.25) is 0 Å². The second-order valence-corrected chi connectivity index (χ2v) is 3.99. The number of phenols is 1. The van der Waals surface area contributed by atoms with Gasteiger partial charge in [-0.1, -0.05) is 12.1 Å². The quantitative estimate of drug-likeness (QED) is 0.749. The first-order valence-electron chi connectivity index (χ1n) is 5.42. The molecule has 0 fully saturated rings. The highest BCUT2D eigenvalue weighted by Crippen LogP contribution is 2.19. The van der Waals surface area contributed by atoms with Gasteiger partial charge in [0.1, 0.15) is 17.6 Å². The maximum atomic E-state index is 9.93. The van der Waals surface area contributed by atoms with Crippen LogP contribution in [0.25, 0.3) is 0 Å². The number of phenolic OH excluding ortho intramolecular Hbond substituents is 1. The fourth-order valence-electron chi connectivity index (χ4n) is 1.69. The predicted octanol–water partition coefficient (Wildman–Crippen LogP) is 1.59. The summed E-state index contributed by atoms with van der Waals surface area (Å²) in [6.45, 7) is 0. The van der Waals surface area contributed by atoms with Crippen molar-refractivity contribution in [2.45, 2.75) is 18.6 Å². The molecule has 90 valence electrons. The summed E-state index contributed by atoms with van der Waals surface area (Å²) in [6.07, 6.45) is 1.20. The summed E-state index contributed by atoms with van der Waals surface area (Å²) in [5.41, 5.74) is 6.87. The molecule has 2 unspecified atom stereocenters. The summed E-state index contributed by atoms with van der Waals surface area (Å²) >= 11 is 0. The van der Waals surface area contributed by atoms with Crippen LogP contribution in [0.3, 0.4) is 0 Å². The van der Waals surface area contributed by atoms with E-state index in [1.165, 1.54) is 6.26 Å². The molecule has 0 spiro atoms. The van der Waals surface area contributed by atoms with E-state index in [9.17, 15) is 5.11 Å². The molecule has 0 radical (unpaired) electrons. The zero-order valence-electron chi connectivity index (χ0n) is 9.28. The molecular formula is C13H15NO3. The van der Waals surface area contributed by atoms with Crippen LogP contribution in [0.1, 0.15) is 17.4 Å². The minimum Gasteiger partial charge on any atom is -0.508 e. The third kappa shape index (κ3) is 2.87. The Morgan fingerprint density at radius 2 is 1.88 bits per heavy atom. The summed E-state index contributed by atoms with van der Waals surface area (Å²) in [4.78, 5) is 0. The van der Waals surface area contributed by atoms with Gasteiger partial charge < -0.3 is 20.4 Å². The molecule has 2 aromatic rings. The normalized spacial score (nSPS) is 14.5. The smallest absolute Gasteiger partial charge is 0.133 e. The molecule has 0 amide bonds. The number of aromatic hydroxyl groups is 1. The Kier molecular flexibility index (Phi) is 3.46. The molecule has 4 nitrogen and oxygen atoms in total. The first-order valence-corrected chi connectivity index (χ1v) is 5.42. The van der Waals surface area contributed by atoms with Gasteiger partial charge in [-0.3, -0.25) is 0 Å². The van der Waals surface area contributed by atoms with E-state index in [0.29, 0.717) is 12.2 Å². The number of aliphatic hydroxyl groups excluding tert-OH is 1. The Morgan fingerprint density at radius 3 is 2.47 bits per heavy atom. The highest BCUT2D eigenvalue weighted by molar-refractivity contribution is 5.26. The largest absolute Gasteiger partial charge is 0.508 e. The Balaban J connectivity index is 2.01. The molecule has 1 aromatic carbocycles. The molecular weight excluding hydrogens is 218 g/mol. The Bertz CT molecular complexity index is 450. The first-order chi connectivity index (χ1) is 8.16. The Hall–Kier alpha value is -1.78. The molecule has 4 N–H and O–H groups in total. The van der Waals surface area contributed by atoms with E-state index >= 15 is 0 Å². The molecule has 0 bridgehead atoms. The number of hydrogen-bond acceptors (Lipinski definition) is 4. The molecule has 17 heavy (non-hydrogen) atoms. The third-order valence-corrected chi connectivity index (χ3v) is 2.65. The lowest BCUT2D eigenvalue weighted by atomic mass is 10.0. The van der Waals surface area contributed by atoms with Gasteiger partial charge in [0, 0.05) is 6.04 Å². The second kappa shape index (κ2) is 5.03. The van der Waals surface area contributed by atoms with Gasteiger partial charge in [0.05, 0.1) is 6.26 Å². The van der Waals surface area contributed by atoms with E-state index in [1.807, 2.05) is 0 Å². The van der Waals surface area contributed by atoms with Crippen LogP contribution < -0.4 is 5.73 Å². The average Bonchev–Trinajstić information content (AvgIpc) is 2.84. The molecule has 2 atom stereocenters. The number of furan rings is 1. The molecule has 0 aliphatic carbocycles. The highest BCUT2D eigenvalue weighted by Gasteiger charge is 2.19. The van der Waals surface area contributed by atoms with Gasteiger partial charge in [0.25, 0.3) is 0 Å². The lowest BCUT2D eigenvalue weighted by Gasteiger charge is -2.16. The van der Waals surface area contributed by atoms with Crippen molar-refractivity contribution in [1.29, 1.82) is 0 Å². The van der Waals surface area contributed by atoms with Crippen molar-refractivity contribution in [2.75, 3.05) is 0 Å². The maximum absolute atomic E-state index is 9.93. The van der Waals surface area contributed by atoms with Crippen molar-refractivity contribution in [3.05, 3.63) is 54.0 Å². The fourth-order valence-corrected chi connectivity index (χ4v) is 1.69. The van der Waals surface area contributed by atoms with Crippen LogP contribution in [0.2, 0.25) is 0 Å². The summed E-state index contributed by atoms with van der Waals surface area (Å²) in [6, 6.07) is 9.73. The van der Waals surface area contributed by atoms with Gasteiger partial charge in [-0.15, -0.1) is 0 Å². The van der Waals surface area contributed by atoms with Crippen LogP contribution in [0, 0.1) is 0 Å². The molecule has 0 saturated carbocycles. The van der Waals surface area contributed by atoms with E-state index in [0.717, 1.165) is 5.56 Å². The van der Waals surface area contributed by atoms with Crippen LogP contribution in [0.15, 0.2) is 47.1 Å². The van der Waals surface area contributed by atoms with Crippen molar-refractivity contribution >= 4 is 0 Å². The maximum Gasteiger partial charge on any atom is 0.133 e. The number of hydrogen-bond donors (Lipinski definition) is 3. The standard InChI is InChI=1S/C13H15NO3/c14-11(13(16)12-2-1-7-17-12)8-9-3-5-10(15)6-4-9/h1-7,11,13,15-16H,8,14H2. The van der Waals surface area contributed by atoms with E-state index in [4.69, 9.17) is 15.3 Å². The summed E-state index contributed by atoms with van der Waals surface area (Å²) in [5.74, 6) is 0.685. The summed E-state index contributed by atoms with van der Waals surface area (Å²) in [5, 5.41) is 19.1. The molecule has 0 aliphatic rings. The number of benzene rings is 1. The van der Waals surface area contributed by atoms with Gasteiger partial charge >= 0.3 is 0 Å². The van der Waals surface area contributed by atoms with Crippen molar-refractivity contribution in [3.63, 3.8) is 0 Å². The van der Waals surface area contributed by atoms with Gasteiger partial charge in [-0.2, -0.15) is 0 Å². The first kappa shape index (κ1) is 11.7. The molecule has 1 aromatic heterocycles. The van der Waals surface area contributed by atoms with Crippen LogP contribution in [-0.2, 0) is 6.42 Å². The van der Waals surface area contributed by atoms with E-state index in [1.54, 1.807) is 36.4 Å². The molecule has 2 rings (SSSR count). The van der Waals surface area contributed by atoms with Crippen molar-refractivity contribution in [3.8, 4) is 5.75 Å². The summed E-state index contributed by atoms with van der Waals surface area (Å²) in [7, 11) is 0. The van der Waals surface area contributed by atoms with Crippen LogP contribution >= 0.6 is 0 Å². The van der Waals surface area contributed by atoms with Crippen molar-refractivity contribution in [2.24, 2.45) is 5.73 Å². The minimum atomic E-state index is -0.821. The van der Waals surface area contributed by atoms with Gasteiger partial charge in [-0.25, -0.2) is 0 Å². The van der Waals surface area contributed by atoms with Gasteiger partial charge in [-0.05, 0) is 36.2 Å². The molecule has 0 saturated heterocycles. The zero-order valence-corrected chi connectivity index (χ0v) is 9.28. The van der Waals surface area contributed by atoms with E-state index in [-0.39, 0.29) is 5.75 Å². The molecule has 0 aliphatic heterocycles. The highest BCUT2D eigenvalue weighted by atomic mass is 16.4. The topological polar surface area (TPSA) is 79.6 Å². The van der Waals surface area contributed by atoms with E-state index in [2.05, 4.69) is 0 Å². The number of nitrogens with two attached hydrogens (primary N) is 1. The lowest BCUT2D eigenvalue weighted by Crippen LogP contribution is -2.30. The van der Waals surface area contributed by atoms with E-state index < -0.39 is 12.1 Å². The Morgan fingerprint density at radius 1 is 1.18 bits per heavy atom. The SMILES string of the molecule is NC(Cc1ccc(O)cc1)C(O)c1ccco1. The van der Waals surface area contributed by atoms with Crippen LogP contribution in [-0.4, -0.2) is 16.3 Å². The Labute approximate surface area is 99.3 Å². The monoisotopic (exact) mass is 233 g/mol. The lowest BCUT2D eigenvalue weighted by molar-refractivity contribution is 0.121. The zero-order chi connectivity index (χ0) is 12.3. The van der Waals surface area contributed by atoms with Crippen LogP contribution in [0.5, 0.6) is 5.75 Å². The van der Waals surface area contributed by atoms with Crippen molar-refractivity contribution in [1.82, 2.24) is 0 Å². The summed E-state index contributed by atoms with van der Waals surface area (Å²) < 4.78 is 5.10. The molecule has 1 heterocycles. The molecule has 4 heteroatoms. The van der Waals surface area contributed by atoms with Crippen molar-refractivity contribution < 1.29 is 14.6 Å². The fraction of sp³-hybridized carbons (Fsp3) is 0.231. The third-order valence-electron chi connectivity index (χ3n) is 2.65. The second-order valence-electron chi connectivity index (χ2n) is 3.99. The minimum absolute atomic E-state index is 0.217. The number of rotatable bonds is 4. The van der Waals surface area contributed by atoms with Crippen LogP contribution in [0.4, 0.5) is 0 Å².